The highest BCUT2D eigenvalue weighted by molar-refractivity contribution is 5.95. The first-order valence-electron chi connectivity index (χ1n) is 8.08. The van der Waals surface area contributed by atoms with Crippen LogP contribution in [0.2, 0.25) is 0 Å². The van der Waals surface area contributed by atoms with E-state index in [4.69, 9.17) is 0 Å². The molecule has 0 saturated carbocycles. The van der Waals surface area contributed by atoms with E-state index >= 15 is 0 Å². The van der Waals surface area contributed by atoms with E-state index in [0.29, 0.717) is 19.0 Å². The van der Waals surface area contributed by atoms with Crippen LogP contribution in [-0.2, 0) is 0 Å². The smallest absolute Gasteiger partial charge is 0.257 e. The Hall–Kier alpha value is -2.57. The normalized spacial score (nSPS) is 18.0. The maximum absolute atomic E-state index is 14.2. The summed E-state index contributed by atoms with van der Waals surface area (Å²) in [5.41, 5.74) is 0.176. The average molecular weight is 350 g/mol. The number of rotatable bonds is 2. The number of carbonyl (C=O) groups excluding carboxylic acids is 1. The van der Waals surface area contributed by atoms with Gasteiger partial charge in [-0.3, -0.25) is 9.78 Å². The van der Waals surface area contributed by atoms with Crippen molar-refractivity contribution in [3.63, 3.8) is 0 Å². The summed E-state index contributed by atoms with van der Waals surface area (Å²) in [5.74, 6) is -6.84. The topological polar surface area (TPSA) is 53.4 Å². The third kappa shape index (κ3) is 3.31. The number of halogens is 3. The van der Waals surface area contributed by atoms with Gasteiger partial charge in [0, 0.05) is 18.9 Å². The Morgan fingerprint density at radius 1 is 1.12 bits per heavy atom. The second kappa shape index (κ2) is 7.13. The number of nitrogens with zero attached hydrogens (tertiary/aromatic N) is 2. The van der Waals surface area contributed by atoms with Gasteiger partial charge in [-0.1, -0.05) is 12.8 Å². The van der Waals surface area contributed by atoms with Gasteiger partial charge in [0.15, 0.2) is 17.4 Å². The molecule has 1 aliphatic rings. The van der Waals surface area contributed by atoms with Crippen LogP contribution in [0.5, 0.6) is 5.75 Å². The average Bonchev–Trinajstić information content (AvgIpc) is 2.89. The first-order chi connectivity index (χ1) is 12.0. The molecule has 1 aromatic carbocycles. The molecule has 1 unspecified atom stereocenters. The number of carbonyl (C=O) groups is 1. The van der Waals surface area contributed by atoms with E-state index in [1.54, 1.807) is 24.5 Å². The highest BCUT2D eigenvalue weighted by Crippen LogP contribution is 2.33. The molecule has 25 heavy (non-hydrogen) atoms. The largest absolute Gasteiger partial charge is 0.503 e. The van der Waals surface area contributed by atoms with Crippen LogP contribution in [0.25, 0.3) is 0 Å². The zero-order valence-electron chi connectivity index (χ0n) is 13.4. The summed E-state index contributed by atoms with van der Waals surface area (Å²) in [6, 6.07) is 3.74. The molecule has 1 aliphatic heterocycles. The molecule has 2 heterocycles. The zero-order chi connectivity index (χ0) is 18.0. The summed E-state index contributed by atoms with van der Waals surface area (Å²) >= 11 is 0. The molecule has 4 nitrogen and oxygen atoms in total. The second-order valence-electron chi connectivity index (χ2n) is 6.03. The van der Waals surface area contributed by atoms with Gasteiger partial charge >= 0.3 is 0 Å². The van der Waals surface area contributed by atoms with Crippen molar-refractivity contribution < 1.29 is 23.1 Å². The summed E-state index contributed by atoms with van der Waals surface area (Å²) in [6.45, 7) is 0.366. The summed E-state index contributed by atoms with van der Waals surface area (Å²) in [5, 5.41) is 9.38. The van der Waals surface area contributed by atoms with Crippen LogP contribution in [-0.4, -0.2) is 27.4 Å². The molecule has 1 aromatic heterocycles. The van der Waals surface area contributed by atoms with Crippen molar-refractivity contribution in [3.05, 3.63) is 59.2 Å². The molecule has 1 N–H and O–H groups in total. The van der Waals surface area contributed by atoms with Crippen LogP contribution in [0, 0.1) is 17.5 Å². The van der Waals surface area contributed by atoms with E-state index in [0.717, 1.165) is 24.8 Å². The molecule has 3 rings (SSSR count). The molecule has 1 atom stereocenters. The molecule has 1 fully saturated rings. The Bertz CT molecular complexity index is 784. The lowest BCUT2D eigenvalue weighted by Crippen LogP contribution is -2.35. The number of likely N-dealkylation sites (tertiary alicyclic amines) is 1. The minimum absolute atomic E-state index is 0.312. The summed E-state index contributed by atoms with van der Waals surface area (Å²) in [4.78, 5) is 18.2. The van der Waals surface area contributed by atoms with Gasteiger partial charge < -0.3 is 10.0 Å². The highest BCUT2D eigenvalue weighted by atomic mass is 19.2. The number of pyridine rings is 1. The summed E-state index contributed by atoms with van der Waals surface area (Å²) in [7, 11) is 0. The van der Waals surface area contributed by atoms with Crippen LogP contribution < -0.4 is 0 Å². The molecular formula is C18H17F3N2O2. The molecule has 0 aliphatic carbocycles. The van der Waals surface area contributed by atoms with Gasteiger partial charge in [0.1, 0.15) is 0 Å². The van der Waals surface area contributed by atoms with Gasteiger partial charge in [-0.05, 0) is 36.6 Å². The predicted molar refractivity (Wildman–Crippen MR) is 84.5 cm³/mol. The molecule has 0 radical (unpaired) electrons. The van der Waals surface area contributed by atoms with Crippen LogP contribution in [0.4, 0.5) is 13.2 Å². The highest BCUT2D eigenvalue weighted by Gasteiger charge is 2.31. The number of amides is 1. The van der Waals surface area contributed by atoms with E-state index in [2.05, 4.69) is 4.98 Å². The number of hydrogen-bond acceptors (Lipinski definition) is 3. The van der Waals surface area contributed by atoms with Gasteiger partial charge in [0.05, 0.1) is 11.6 Å². The number of hydrogen-bond donors (Lipinski definition) is 1. The van der Waals surface area contributed by atoms with Crippen molar-refractivity contribution in [1.29, 1.82) is 0 Å². The molecule has 7 heteroatoms. The Labute approximate surface area is 142 Å². The number of aromatic hydroxyl groups is 1. The lowest BCUT2D eigenvalue weighted by Gasteiger charge is -2.30. The fourth-order valence-corrected chi connectivity index (χ4v) is 3.18. The van der Waals surface area contributed by atoms with E-state index in [9.17, 15) is 23.1 Å². The van der Waals surface area contributed by atoms with Crippen LogP contribution in [0.3, 0.4) is 0 Å². The molecule has 0 spiro atoms. The molecule has 1 amide bonds. The molecule has 0 bridgehead atoms. The van der Waals surface area contributed by atoms with Gasteiger partial charge in [-0.25, -0.2) is 8.78 Å². The minimum Gasteiger partial charge on any atom is -0.503 e. The number of benzene rings is 1. The SMILES string of the molecule is O=C(c1cc(F)c(F)c(O)c1F)N1CCCCCC1c1ccncc1. The van der Waals surface area contributed by atoms with Crippen LogP contribution >= 0.6 is 0 Å². The fourth-order valence-electron chi connectivity index (χ4n) is 3.18. The van der Waals surface area contributed by atoms with Gasteiger partial charge in [0.2, 0.25) is 5.82 Å². The standard InChI is InChI=1S/C18H17F3N2O2/c19-13-10-12(15(20)17(24)16(13)21)18(25)23-9-3-1-2-4-14(23)11-5-7-22-8-6-11/h5-8,10,14,24H,1-4,9H2. The third-order valence-corrected chi connectivity index (χ3v) is 4.47. The number of aromatic nitrogens is 1. The third-order valence-electron chi connectivity index (χ3n) is 4.47. The Morgan fingerprint density at radius 3 is 2.56 bits per heavy atom. The van der Waals surface area contributed by atoms with Gasteiger partial charge in [0.25, 0.3) is 5.91 Å². The zero-order valence-corrected chi connectivity index (χ0v) is 13.4. The van der Waals surface area contributed by atoms with Crippen molar-refractivity contribution in [2.75, 3.05) is 6.54 Å². The van der Waals surface area contributed by atoms with E-state index in [-0.39, 0.29) is 6.04 Å². The first-order valence-corrected chi connectivity index (χ1v) is 8.08. The Morgan fingerprint density at radius 2 is 1.84 bits per heavy atom. The number of phenolic OH excluding ortho intramolecular Hbond substituents is 1. The molecule has 2 aromatic rings. The van der Waals surface area contributed by atoms with Crippen molar-refractivity contribution in [1.82, 2.24) is 9.88 Å². The first kappa shape index (κ1) is 17.3. The quantitative estimate of drug-likeness (QED) is 0.834. The Kier molecular flexibility index (Phi) is 4.92. The van der Waals surface area contributed by atoms with E-state index in [1.807, 2.05) is 0 Å². The van der Waals surface area contributed by atoms with Crippen LogP contribution in [0.1, 0.15) is 47.6 Å². The van der Waals surface area contributed by atoms with Crippen LogP contribution in [0.15, 0.2) is 30.6 Å². The minimum atomic E-state index is -1.70. The summed E-state index contributed by atoms with van der Waals surface area (Å²) in [6.07, 6.45) is 6.41. The van der Waals surface area contributed by atoms with E-state index < -0.39 is 34.7 Å². The van der Waals surface area contributed by atoms with E-state index in [1.165, 1.54) is 4.90 Å². The van der Waals surface area contributed by atoms with Gasteiger partial charge in [-0.2, -0.15) is 4.39 Å². The second-order valence-corrected chi connectivity index (χ2v) is 6.03. The van der Waals surface area contributed by atoms with Crippen molar-refractivity contribution in [3.8, 4) is 5.75 Å². The Balaban J connectivity index is 2.01. The van der Waals surface area contributed by atoms with Crippen molar-refractivity contribution in [2.24, 2.45) is 0 Å². The number of phenols is 1. The summed E-state index contributed by atoms with van der Waals surface area (Å²) < 4.78 is 41.0. The maximum atomic E-state index is 14.2. The fraction of sp³-hybridized carbons (Fsp3) is 0.333. The lowest BCUT2D eigenvalue weighted by atomic mass is 10.0. The molecule has 132 valence electrons. The lowest BCUT2D eigenvalue weighted by molar-refractivity contribution is 0.0674. The van der Waals surface area contributed by atoms with Crippen molar-refractivity contribution >= 4 is 5.91 Å². The molecular weight excluding hydrogens is 333 g/mol. The monoisotopic (exact) mass is 350 g/mol. The van der Waals surface area contributed by atoms with Crippen molar-refractivity contribution in [2.45, 2.75) is 31.7 Å². The predicted octanol–water partition coefficient (Wildman–Crippen LogP) is 3.96. The molecule has 1 saturated heterocycles. The van der Waals surface area contributed by atoms with Gasteiger partial charge in [-0.15, -0.1) is 0 Å². The maximum Gasteiger partial charge on any atom is 0.257 e.